The standard InChI is InChI=1S/C28H28N2O5/c1-17(2)22-15-20(7-10-23(22)35-4)26(31)24-25(19-11-13-29-14-12-19)30(28(33)27(24)32)16-18-5-8-21(34-3)9-6-18/h5-15,17,25,31H,16H2,1-4H3/b26-24-. The molecule has 1 unspecified atom stereocenters. The van der Waals surface area contributed by atoms with Crippen LogP contribution in [0.15, 0.2) is 72.6 Å². The summed E-state index contributed by atoms with van der Waals surface area (Å²) in [7, 11) is 3.18. The van der Waals surface area contributed by atoms with Crippen molar-refractivity contribution in [2.75, 3.05) is 14.2 Å². The number of likely N-dealkylation sites (tertiary alicyclic amines) is 1. The van der Waals surface area contributed by atoms with Crippen molar-refractivity contribution < 1.29 is 24.2 Å². The third-order valence-corrected chi connectivity index (χ3v) is 6.20. The summed E-state index contributed by atoms with van der Waals surface area (Å²) < 4.78 is 10.7. The molecule has 4 rings (SSSR count). The molecule has 7 nitrogen and oxygen atoms in total. The number of pyridine rings is 1. The zero-order valence-electron chi connectivity index (χ0n) is 20.2. The molecule has 0 bridgehead atoms. The van der Waals surface area contributed by atoms with E-state index in [1.807, 2.05) is 26.0 Å². The number of ketones is 1. The van der Waals surface area contributed by atoms with E-state index in [1.165, 1.54) is 4.90 Å². The molecule has 1 saturated heterocycles. The van der Waals surface area contributed by atoms with Crippen LogP contribution >= 0.6 is 0 Å². The molecule has 0 spiro atoms. The Morgan fingerprint density at radius 2 is 1.69 bits per heavy atom. The highest BCUT2D eigenvalue weighted by Gasteiger charge is 2.46. The van der Waals surface area contributed by atoms with E-state index in [2.05, 4.69) is 4.98 Å². The number of aliphatic hydroxyl groups is 1. The number of carbonyl (C=O) groups is 2. The number of ether oxygens (including phenoxy) is 2. The number of hydrogen-bond acceptors (Lipinski definition) is 6. The molecule has 35 heavy (non-hydrogen) atoms. The largest absolute Gasteiger partial charge is 0.507 e. The fourth-order valence-corrected chi connectivity index (χ4v) is 4.35. The van der Waals surface area contributed by atoms with Crippen LogP contribution in [0.25, 0.3) is 5.76 Å². The molecule has 1 aliphatic heterocycles. The van der Waals surface area contributed by atoms with Crippen LogP contribution in [0.4, 0.5) is 0 Å². The van der Waals surface area contributed by atoms with Crippen molar-refractivity contribution in [3.63, 3.8) is 0 Å². The second kappa shape index (κ2) is 10.0. The molecule has 1 fully saturated rings. The second-order valence-electron chi connectivity index (χ2n) is 8.67. The van der Waals surface area contributed by atoms with Crippen LogP contribution in [-0.2, 0) is 16.1 Å². The molecule has 2 heterocycles. The van der Waals surface area contributed by atoms with Gasteiger partial charge in [0.05, 0.1) is 25.8 Å². The highest BCUT2D eigenvalue weighted by atomic mass is 16.5. The molecule has 7 heteroatoms. The maximum absolute atomic E-state index is 13.3. The Balaban J connectivity index is 1.83. The topological polar surface area (TPSA) is 89.0 Å². The number of methoxy groups -OCH3 is 2. The Morgan fingerprint density at radius 1 is 1.00 bits per heavy atom. The Morgan fingerprint density at radius 3 is 2.29 bits per heavy atom. The molecule has 0 aliphatic carbocycles. The van der Waals surface area contributed by atoms with E-state index < -0.39 is 17.7 Å². The van der Waals surface area contributed by atoms with Gasteiger partial charge in [0.2, 0.25) is 0 Å². The summed E-state index contributed by atoms with van der Waals surface area (Å²) >= 11 is 0. The van der Waals surface area contributed by atoms with E-state index in [0.717, 1.165) is 11.1 Å². The molecule has 180 valence electrons. The Hall–Kier alpha value is -4.13. The van der Waals surface area contributed by atoms with E-state index in [1.54, 1.807) is 69.1 Å². The van der Waals surface area contributed by atoms with E-state index in [4.69, 9.17) is 9.47 Å². The van der Waals surface area contributed by atoms with Crippen molar-refractivity contribution in [1.29, 1.82) is 0 Å². The first-order valence-electron chi connectivity index (χ1n) is 11.3. The summed E-state index contributed by atoms with van der Waals surface area (Å²) in [6, 6.07) is 15.3. The smallest absolute Gasteiger partial charge is 0.295 e. The molecule has 1 aliphatic rings. The van der Waals surface area contributed by atoms with Crippen molar-refractivity contribution in [2.24, 2.45) is 0 Å². The Labute approximate surface area is 204 Å². The fourth-order valence-electron chi connectivity index (χ4n) is 4.35. The van der Waals surface area contributed by atoms with Crippen LogP contribution in [-0.4, -0.2) is 40.9 Å². The van der Waals surface area contributed by atoms with Gasteiger partial charge in [-0.25, -0.2) is 0 Å². The Kier molecular flexibility index (Phi) is 6.87. The quantitative estimate of drug-likeness (QED) is 0.301. The third-order valence-electron chi connectivity index (χ3n) is 6.20. The number of amides is 1. The summed E-state index contributed by atoms with van der Waals surface area (Å²) in [6.07, 6.45) is 3.21. The average molecular weight is 473 g/mol. The summed E-state index contributed by atoms with van der Waals surface area (Å²) in [5, 5.41) is 11.4. The lowest BCUT2D eigenvalue weighted by molar-refractivity contribution is -0.140. The predicted octanol–water partition coefficient (Wildman–Crippen LogP) is 4.84. The molecular weight excluding hydrogens is 444 g/mol. The van der Waals surface area contributed by atoms with Gasteiger partial charge >= 0.3 is 0 Å². The van der Waals surface area contributed by atoms with Crippen LogP contribution in [0, 0.1) is 0 Å². The average Bonchev–Trinajstić information content (AvgIpc) is 3.13. The number of Topliss-reactive ketones (excluding diaryl/α,β-unsaturated/α-hetero) is 1. The van der Waals surface area contributed by atoms with Gasteiger partial charge in [-0.2, -0.15) is 0 Å². The van der Waals surface area contributed by atoms with Crippen molar-refractivity contribution in [3.8, 4) is 11.5 Å². The lowest BCUT2D eigenvalue weighted by Crippen LogP contribution is -2.29. The minimum atomic E-state index is -0.760. The molecule has 2 aromatic carbocycles. The number of aromatic nitrogens is 1. The number of nitrogens with zero attached hydrogens (tertiary/aromatic N) is 2. The molecule has 1 atom stereocenters. The van der Waals surface area contributed by atoms with Crippen LogP contribution < -0.4 is 9.47 Å². The highest BCUT2D eigenvalue weighted by Crippen LogP contribution is 2.41. The first kappa shape index (κ1) is 24.0. The van der Waals surface area contributed by atoms with E-state index in [9.17, 15) is 14.7 Å². The SMILES string of the molecule is COc1ccc(CN2C(=O)C(=O)/C(=C(\O)c3ccc(OC)c(C(C)C)c3)C2c2ccncc2)cc1. The number of hydrogen-bond donors (Lipinski definition) is 1. The first-order valence-corrected chi connectivity index (χ1v) is 11.3. The van der Waals surface area contributed by atoms with Crippen LogP contribution in [0.5, 0.6) is 11.5 Å². The predicted molar refractivity (Wildman–Crippen MR) is 132 cm³/mol. The van der Waals surface area contributed by atoms with Gasteiger partial charge in [-0.3, -0.25) is 14.6 Å². The minimum absolute atomic E-state index is 0.0505. The van der Waals surface area contributed by atoms with Gasteiger partial charge in [-0.05, 0) is 65.1 Å². The molecule has 1 N–H and O–H groups in total. The maximum Gasteiger partial charge on any atom is 0.295 e. The number of carbonyl (C=O) groups excluding carboxylic acids is 2. The van der Waals surface area contributed by atoms with Crippen LogP contribution in [0.1, 0.15) is 48.1 Å². The van der Waals surface area contributed by atoms with Gasteiger partial charge in [0.15, 0.2) is 0 Å². The number of aliphatic hydroxyl groups excluding tert-OH is 1. The fraction of sp³-hybridized carbons (Fsp3) is 0.250. The van der Waals surface area contributed by atoms with Crippen LogP contribution in [0.2, 0.25) is 0 Å². The van der Waals surface area contributed by atoms with E-state index in [0.29, 0.717) is 22.6 Å². The van der Waals surface area contributed by atoms with Gasteiger partial charge in [0, 0.05) is 24.5 Å². The zero-order chi connectivity index (χ0) is 25.1. The lowest BCUT2D eigenvalue weighted by atomic mass is 9.93. The lowest BCUT2D eigenvalue weighted by Gasteiger charge is -2.25. The summed E-state index contributed by atoms with van der Waals surface area (Å²) in [6.45, 7) is 4.23. The van der Waals surface area contributed by atoms with Crippen molar-refractivity contribution >= 4 is 17.4 Å². The molecule has 0 saturated carbocycles. The molecule has 3 aromatic rings. The van der Waals surface area contributed by atoms with Gasteiger partial charge in [-0.15, -0.1) is 0 Å². The number of rotatable bonds is 7. The molecule has 1 aromatic heterocycles. The second-order valence-corrected chi connectivity index (χ2v) is 8.67. The van der Waals surface area contributed by atoms with Gasteiger partial charge in [-0.1, -0.05) is 26.0 Å². The first-order chi connectivity index (χ1) is 16.8. The summed E-state index contributed by atoms with van der Waals surface area (Å²) in [5.41, 5.74) is 2.92. The van der Waals surface area contributed by atoms with Gasteiger partial charge in [0.1, 0.15) is 17.3 Å². The number of benzene rings is 2. The zero-order valence-corrected chi connectivity index (χ0v) is 20.2. The minimum Gasteiger partial charge on any atom is -0.507 e. The Bertz CT molecular complexity index is 1270. The van der Waals surface area contributed by atoms with Gasteiger partial charge in [0.25, 0.3) is 11.7 Å². The van der Waals surface area contributed by atoms with E-state index >= 15 is 0 Å². The summed E-state index contributed by atoms with van der Waals surface area (Å²) in [4.78, 5) is 32.0. The maximum atomic E-state index is 13.3. The van der Waals surface area contributed by atoms with Gasteiger partial charge < -0.3 is 19.5 Å². The molecule has 0 radical (unpaired) electrons. The highest BCUT2D eigenvalue weighted by molar-refractivity contribution is 6.46. The van der Waals surface area contributed by atoms with Crippen molar-refractivity contribution in [3.05, 3.63) is 94.8 Å². The third kappa shape index (κ3) is 4.62. The molecular formula is C28H28N2O5. The summed E-state index contributed by atoms with van der Waals surface area (Å²) in [5.74, 6) is -0.0798. The molecule has 1 amide bonds. The normalized spacial score (nSPS) is 17.2. The van der Waals surface area contributed by atoms with Crippen LogP contribution in [0.3, 0.4) is 0 Å². The van der Waals surface area contributed by atoms with Crippen molar-refractivity contribution in [1.82, 2.24) is 9.88 Å². The van der Waals surface area contributed by atoms with E-state index in [-0.39, 0.29) is 23.8 Å². The van der Waals surface area contributed by atoms with Crippen molar-refractivity contribution in [2.45, 2.75) is 32.4 Å². The monoisotopic (exact) mass is 472 g/mol.